The van der Waals surface area contributed by atoms with Gasteiger partial charge in [0, 0.05) is 44.2 Å². The fourth-order valence-electron chi connectivity index (χ4n) is 9.25. The van der Waals surface area contributed by atoms with Gasteiger partial charge in [0.2, 0.25) is 0 Å². The second kappa shape index (κ2) is 18.2. The van der Waals surface area contributed by atoms with Gasteiger partial charge in [-0.1, -0.05) is 158 Å². The molecule has 0 radical (unpaired) electrons. The molecule has 0 bridgehead atoms. The van der Waals surface area contributed by atoms with E-state index in [0.29, 0.717) is 40.1 Å². The Morgan fingerprint density at radius 1 is 0.296 bits per heavy atom. The summed E-state index contributed by atoms with van der Waals surface area (Å²) >= 11 is 0. The molecule has 9 aromatic carbocycles. The Morgan fingerprint density at radius 2 is 0.690 bits per heavy atom. The molecule has 3 aromatic heterocycles. The van der Waals surface area contributed by atoms with E-state index in [0.717, 1.165) is 88.8 Å². The highest BCUT2D eigenvalue weighted by molar-refractivity contribution is 6.12. The van der Waals surface area contributed by atoms with Gasteiger partial charge >= 0.3 is 0 Å². The molecular formula is C63H38N8. The summed E-state index contributed by atoms with van der Waals surface area (Å²) in [5.74, 6) is 2.23. The highest BCUT2D eigenvalue weighted by Gasteiger charge is 2.22. The standard InChI is InChI=1S/C63H38N8/c64-39-41-15-13-25-47(33-41)49-27-30-57-52(35-49)53-36-50(48-26-14-16-42(34-48)40-65)28-31-58(53)71(57)59-32-29-51(63-69-61(45-21-9-3-10-22-45)68-62(70-63)46-23-11-4-12-24-46)37-54(59)56-38-55(43-17-5-1-6-18-43)66-60(67-56)44-19-7-2-8-20-44/h1-38H. The van der Waals surface area contributed by atoms with E-state index in [2.05, 4.69) is 89.5 Å². The van der Waals surface area contributed by atoms with Crippen molar-refractivity contribution < 1.29 is 0 Å². The van der Waals surface area contributed by atoms with Crippen LogP contribution in [0, 0.1) is 22.7 Å². The average Bonchev–Trinajstić information content (AvgIpc) is 3.78. The Balaban J connectivity index is 1.15. The van der Waals surface area contributed by atoms with Gasteiger partial charge in [-0.25, -0.2) is 24.9 Å². The summed E-state index contributed by atoms with van der Waals surface area (Å²) in [6.07, 6.45) is 0. The van der Waals surface area contributed by atoms with Crippen LogP contribution >= 0.6 is 0 Å². The predicted octanol–water partition coefficient (Wildman–Crippen LogP) is 14.8. The van der Waals surface area contributed by atoms with Gasteiger partial charge in [-0.2, -0.15) is 10.5 Å². The third-order valence-corrected chi connectivity index (χ3v) is 12.7. The first kappa shape index (κ1) is 42.2. The molecule has 0 fully saturated rings. The fraction of sp³-hybridized carbons (Fsp3) is 0. The van der Waals surface area contributed by atoms with Crippen molar-refractivity contribution in [2.75, 3.05) is 0 Å². The molecule has 330 valence electrons. The third kappa shape index (κ3) is 8.14. The molecule has 0 amide bonds. The maximum absolute atomic E-state index is 9.84. The minimum Gasteiger partial charge on any atom is -0.309 e. The van der Waals surface area contributed by atoms with Crippen molar-refractivity contribution in [2.45, 2.75) is 0 Å². The quantitative estimate of drug-likeness (QED) is 0.142. The number of nitriles is 2. The first-order chi connectivity index (χ1) is 35.1. The number of benzene rings is 9. The van der Waals surface area contributed by atoms with Crippen LogP contribution in [0.1, 0.15) is 11.1 Å². The molecule has 0 unspecified atom stereocenters. The van der Waals surface area contributed by atoms with E-state index in [4.69, 9.17) is 24.9 Å². The minimum atomic E-state index is 0.516. The Bertz CT molecular complexity index is 3830. The van der Waals surface area contributed by atoms with E-state index in [1.165, 1.54) is 0 Å². The molecular weight excluding hydrogens is 869 g/mol. The molecule has 0 aliphatic heterocycles. The summed E-state index contributed by atoms with van der Waals surface area (Å²) in [6, 6.07) is 81.6. The average molecular weight is 907 g/mol. The monoisotopic (exact) mass is 906 g/mol. The number of rotatable bonds is 9. The second-order valence-corrected chi connectivity index (χ2v) is 17.1. The van der Waals surface area contributed by atoms with E-state index in [1.54, 1.807) is 0 Å². The number of fused-ring (bicyclic) bond motifs is 3. The number of hydrogen-bond donors (Lipinski definition) is 0. The van der Waals surface area contributed by atoms with Gasteiger partial charge in [0.1, 0.15) is 0 Å². The van der Waals surface area contributed by atoms with Crippen LogP contribution in [0.4, 0.5) is 0 Å². The molecule has 0 spiro atoms. The van der Waals surface area contributed by atoms with Crippen LogP contribution in [0.5, 0.6) is 0 Å². The van der Waals surface area contributed by atoms with Gasteiger partial charge in [0.05, 0.1) is 51.4 Å². The van der Waals surface area contributed by atoms with Crippen LogP contribution in [0.15, 0.2) is 231 Å². The molecule has 8 heteroatoms. The number of hydrogen-bond acceptors (Lipinski definition) is 7. The predicted molar refractivity (Wildman–Crippen MR) is 283 cm³/mol. The molecule has 8 nitrogen and oxygen atoms in total. The third-order valence-electron chi connectivity index (χ3n) is 12.7. The Labute approximate surface area is 409 Å². The smallest absolute Gasteiger partial charge is 0.164 e. The van der Waals surface area contributed by atoms with Crippen LogP contribution in [0.3, 0.4) is 0 Å². The molecule has 0 aliphatic rings. The lowest BCUT2D eigenvalue weighted by Crippen LogP contribution is -2.03. The minimum absolute atomic E-state index is 0.516. The summed E-state index contributed by atoms with van der Waals surface area (Å²) in [7, 11) is 0. The molecule has 0 saturated carbocycles. The maximum atomic E-state index is 9.84. The van der Waals surface area contributed by atoms with Gasteiger partial charge in [-0.05, 0) is 95.1 Å². The van der Waals surface area contributed by atoms with Crippen LogP contribution < -0.4 is 0 Å². The van der Waals surface area contributed by atoms with Crippen molar-refractivity contribution >= 4 is 21.8 Å². The fourth-order valence-corrected chi connectivity index (χ4v) is 9.25. The maximum Gasteiger partial charge on any atom is 0.164 e. The van der Waals surface area contributed by atoms with Crippen molar-refractivity contribution in [2.24, 2.45) is 0 Å². The first-order valence-electron chi connectivity index (χ1n) is 23.2. The molecule has 0 aliphatic carbocycles. The van der Waals surface area contributed by atoms with Gasteiger partial charge < -0.3 is 4.57 Å². The van der Waals surface area contributed by atoms with Crippen molar-refractivity contribution in [1.82, 2.24) is 29.5 Å². The van der Waals surface area contributed by atoms with E-state index in [-0.39, 0.29) is 0 Å². The highest BCUT2D eigenvalue weighted by Crippen LogP contribution is 2.42. The molecule has 71 heavy (non-hydrogen) atoms. The summed E-state index contributed by atoms with van der Waals surface area (Å²) in [6.45, 7) is 0. The van der Waals surface area contributed by atoms with Gasteiger partial charge in [-0.3, -0.25) is 0 Å². The molecule has 3 heterocycles. The van der Waals surface area contributed by atoms with E-state index in [9.17, 15) is 10.5 Å². The Kier molecular flexibility index (Phi) is 10.8. The number of nitrogens with zero attached hydrogens (tertiary/aromatic N) is 8. The molecule has 12 aromatic rings. The summed E-state index contributed by atoms with van der Waals surface area (Å²) in [4.78, 5) is 25.9. The van der Waals surface area contributed by atoms with Gasteiger partial charge in [0.25, 0.3) is 0 Å². The summed E-state index contributed by atoms with van der Waals surface area (Å²) in [5.41, 5.74) is 14.6. The molecule has 0 N–H and O–H groups in total. The normalized spacial score (nSPS) is 11.1. The lowest BCUT2D eigenvalue weighted by atomic mass is 9.99. The van der Waals surface area contributed by atoms with Crippen molar-refractivity contribution in [3.05, 3.63) is 242 Å². The van der Waals surface area contributed by atoms with Crippen molar-refractivity contribution in [1.29, 1.82) is 10.5 Å². The van der Waals surface area contributed by atoms with Crippen molar-refractivity contribution in [3.8, 4) is 108 Å². The van der Waals surface area contributed by atoms with Gasteiger partial charge in [0.15, 0.2) is 23.3 Å². The van der Waals surface area contributed by atoms with Gasteiger partial charge in [-0.15, -0.1) is 0 Å². The lowest BCUT2D eigenvalue weighted by Gasteiger charge is -2.17. The topological polar surface area (TPSA) is 117 Å². The van der Waals surface area contributed by atoms with E-state index in [1.807, 2.05) is 158 Å². The van der Waals surface area contributed by atoms with Crippen molar-refractivity contribution in [3.63, 3.8) is 0 Å². The van der Waals surface area contributed by atoms with Crippen LogP contribution in [-0.2, 0) is 0 Å². The SMILES string of the molecule is N#Cc1cccc(-c2ccc3c(c2)c2cc(-c4cccc(C#N)c4)ccc2n3-c2ccc(-c3nc(-c4ccccc4)nc(-c4ccccc4)n3)cc2-c2cc(-c3ccccc3)nc(-c3ccccc3)n2)c1. The summed E-state index contributed by atoms with van der Waals surface area (Å²) < 4.78 is 2.30. The zero-order valence-electron chi connectivity index (χ0n) is 38.0. The zero-order valence-corrected chi connectivity index (χ0v) is 38.0. The zero-order chi connectivity index (χ0) is 47.7. The summed E-state index contributed by atoms with van der Waals surface area (Å²) in [5, 5.41) is 21.7. The number of aromatic nitrogens is 6. The Hall–Kier alpha value is -10.2. The lowest BCUT2D eigenvalue weighted by molar-refractivity contribution is 1.07. The highest BCUT2D eigenvalue weighted by atomic mass is 15.0. The molecule has 0 saturated heterocycles. The second-order valence-electron chi connectivity index (χ2n) is 17.1. The van der Waals surface area contributed by atoms with E-state index < -0.39 is 0 Å². The first-order valence-corrected chi connectivity index (χ1v) is 23.2. The van der Waals surface area contributed by atoms with E-state index >= 15 is 0 Å². The van der Waals surface area contributed by atoms with Crippen LogP contribution in [-0.4, -0.2) is 29.5 Å². The molecule has 0 atom stereocenters. The largest absolute Gasteiger partial charge is 0.309 e. The van der Waals surface area contributed by atoms with Crippen LogP contribution in [0.25, 0.3) is 118 Å². The Morgan fingerprint density at radius 3 is 1.17 bits per heavy atom. The van der Waals surface area contributed by atoms with Crippen LogP contribution in [0.2, 0.25) is 0 Å². The molecule has 12 rings (SSSR count).